The molecule has 2 rings (SSSR count). The number of thiazole rings is 1. The van der Waals surface area contributed by atoms with Crippen molar-refractivity contribution in [2.75, 3.05) is 26.7 Å². The van der Waals surface area contributed by atoms with Crippen molar-refractivity contribution in [2.24, 2.45) is 4.99 Å². The van der Waals surface area contributed by atoms with Gasteiger partial charge in [-0.15, -0.1) is 35.3 Å². The van der Waals surface area contributed by atoms with Crippen molar-refractivity contribution in [3.63, 3.8) is 0 Å². The molecule has 0 unspecified atom stereocenters. The number of aryl methyl sites for hydroxylation is 1. The maximum absolute atomic E-state index is 12.6. The molecule has 1 aromatic carbocycles. The second kappa shape index (κ2) is 14.3. The minimum atomic E-state index is -2.89. The Hall–Kier alpha value is -1.69. The van der Waals surface area contributed by atoms with Gasteiger partial charge in [0, 0.05) is 37.1 Å². The van der Waals surface area contributed by atoms with E-state index in [0.29, 0.717) is 19.5 Å². The minimum Gasteiger partial charge on any atom is -0.493 e. The maximum atomic E-state index is 12.6. The van der Waals surface area contributed by atoms with Crippen LogP contribution in [0.1, 0.15) is 29.3 Å². The largest absolute Gasteiger partial charge is 0.493 e. The summed E-state index contributed by atoms with van der Waals surface area (Å²) in [6.45, 7) is 3.22. The van der Waals surface area contributed by atoms with E-state index < -0.39 is 6.61 Å². The van der Waals surface area contributed by atoms with Crippen LogP contribution in [0.2, 0.25) is 0 Å². The second-order valence-electron chi connectivity index (χ2n) is 6.13. The Morgan fingerprint density at radius 1 is 1.20 bits per heavy atom. The molecule has 0 saturated carbocycles. The van der Waals surface area contributed by atoms with E-state index in [1.807, 2.05) is 19.2 Å². The van der Waals surface area contributed by atoms with Crippen LogP contribution in [0.4, 0.5) is 8.78 Å². The van der Waals surface area contributed by atoms with Gasteiger partial charge in [-0.1, -0.05) is 13.0 Å². The fourth-order valence-corrected chi connectivity index (χ4v) is 3.47. The molecule has 1 aromatic heterocycles. The Morgan fingerprint density at radius 2 is 2.00 bits per heavy atom. The normalized spacial score (nSPS) is 11.2. The molecule has 0 saturated heterocycles. The molecule has 6 nitrogen and oxygen atoms in total. The Morgan fingerprint density at radius 3 is 2.63 bits per heavy atom. The molecular weight excluding hydrogens is 525 g/mol. The van der Waals surface area contributed by atoms with Gasteiger partial charge < -0.3 is 20.1 Å². The number of nitrogens with one attached hydrogen (secondary N) is 2. The molecular formula is C20H29F2IN4O2S. The monoisotopic (exact) mass is 554 g/mol. The summed E-state index contributed by atoms with van der Waals surface area (Å²) in [5.41, 5.74) is 0.861. The van der Waals surface area contributed by atoms with E-state index in [-0.39, 0.29) is 35.5 Å². The van der Waals surface area contributed by atoms with Crippen LogP contribution < -0.4 is 20.1 Å². The third-order valence-electron chi connectivity index (χ3n) is 4.04. The van der Waals surface area contributed by atoms with Crippen molar-refractivity contribution in [3.8, 4) is 11.5 Å². The van der Waals surface area contributed by atoms with E-state index in [1.54, 1.807) is 23.5 Å². The number of aromatic nitrogens is 1. The van der Waals surface area contributed by atoms with E-state index in [9.17, 15) is 8.78 Å². The van der Waals surface area contributed by atoms with Gasteiger partial charge in [0.2, 0.25) is 0 Å². The van der Waals surface area contributed by atoms with E-state index in [0.717, 1.165) is 35.9 Å². The number of hydrogen-bond donors (Lipinski definition) is 2. The standard InChI is InChI=1S/C20H28F2N4O2S.HI/c1-4-15-13-26-18(29-15)9-11-25-20(23-5-2)24-10-8-14-6-7-16(27-3)17(12-14)28-19(21)22;/h6-7,12-13,19H,4-5,8-11H2,1-3H3,(H2,23,24,25);1H. The summed E-state index contributed by atoms with van der Waals surface area (Å²) in [5, 5.41) is 7.56. The number of halogens is 3. The molecule has 1 heterocycles. The average molecular weight is 554 g/mol. The third-order valence-corrected chi connectivity index (χ3v) is 5.24. The Kier molecular flexibility index (Phi) is 12.6. The van der Waals surface area contributed by atoms with Crippen LogP contribution in [0.25, 0.3) is 0 Å². The molecule has 168 valence electrons. The fraction of sp³-hybridized carbons (Fsp3) is 0.500. The number of benzene rings is 1. The molecule has 0 aliphatic rings. The molecule has 0 aliphatic carbocycles. The molecule has 0 amide bonds. The highest BCUT2D eigenvalue weighted by atomic mass is 127. The number of alkyl halides is 2. The van der Waals surface area contributed by atoms with Crippen LogP contribution in [-0.4, -0.2) is 44.3 Å². The number of nitrogens with zero attached hydrogens (tertiary/aromatic N) is 2. The van der Waals surface area contributed by atoms with Crippen molar-refractivity contribution >= 4 is 41.3 Å². The van der Waals surface area contributed by atoms with Gasteiger partial charge in [-0.3, -0.25) is 4.99 Å². The Bertz CT molecular complexity index is 790. The molecule has 30 heavy (non-hydrogen) atoms. The second-order valence-corrected chi connectivity index (χ2v) is 7.32. The highest BCUT2D eigenvalue weighted by Gasteiger charge is 2.11. The summed E-state index contributed by atoms with van der Waals surface area (Å²) >= 11 is 1.72. The lowest BCUT2D eigenvalue weighted by Gasteiger charge is -2.13. The van der Waals surface area contributed by atoms with Gasteiger partial charge in [-0.2, -0.15) is 8.78 Å². The van der Waals surface area contributed by atoms with Gasteiger partial charge in [0.15, 0.2) is 17.5 Å². The number of methoxy groups -OCH3 is 1. The quantitative estimate of drug-likeness (QED) is 0.247. The lowest BCUT2D eigenvalue weighted by molar-refractivity contribution is -0.0512. The summed E-state index contributed by atoms with van der Waals surface area (Å²) in [5.74, 6) is 1.04. The van der Waals surface area contributed by atoms with Gasteiger partial charge in [-0.25, -0.2) is 4.98 Å². The first-order valence-electron chi connectivity index (χ1n) is 9.63. The molecule has 0 radical (unpaired) electrons. The molecule has 0 fully saturated rings. The Labute approximate surface area is 197 Å². The predicted molar refractivity (Wildman–Crippen MR) is 128 cm³/mol. The maximum Gasteiger partial charge on any atom is 0.387 e. The van der Waals surface area contributed by atoms with Crippen molar-refractivity contribution < 1.29 is 18.3 Å². The number of aliphatic imine (C=N–C) groups is 1. The topological polar surface area (TPSA) is 67.8 Å². The van der Waals surface area contributed by atoms with E-state index in [2.05, 4.69) is 32.3 Å². The highest BCUT2D eigenvalue weighted by Crippen LogP contribution is 2.29. The van der Waals surface area contributed by atoms with Gasteiger partial charge in [0.1, 0.15) is 0 Å². The van der Waals surface area contributed by atoms with Gasteiger partial charge >= 0.3 is 6.61 Å². The van der Waals surface area contributed by atoms with Crippen molar-refractivity contribution in [3.05, 3.63) is 39.8 Å². The fourth-order valence-electron chi connectivity index (χ4n) is 2.62. The first-order chi connectivity index (χ1) is 14.0. The summed E-state index contributed by atoms with van der Waals surface area (Å²) in [6.07, 6.45) is 4.35. The Balaban J connectivity index is 0.00000450. The van der Waals surface area contributed by atoms with Crippen LogP contribution >= 0.6 is 35.3 Å². The number of hydrogen-bond acceptors (Lipinski definition) is 5. The van der Waals surface area contributed by atoms with Crippen LogP contribution in [0.15, 0.2) is 29.4 Å². The molecule has 2 aromatic rings. The van der Waals surface area contributed by atoms with Crippen molar-refractivity contribution in [1.29, 1.82) is 0 Å². The lowest BCUT2D eigenvalue weighted by atomic mass is 10.1. The van der Waals surface area contributed by atoms with Gasteiger partial charge in [0.25, 0.3) is 0 Å². The zero-order chi connectivity index (χ0) is 21.1. The summed E-state index contributed by atoms with van der Waals surface area (Å²) in [6, 6.07) is 5.03. The molecule has 0 spiro atoms. The summed E-state index contributed by atoms with van der Waals surface area (Å²) in [7, 11) is 1.42. The van der Waals surface area contributed by atoms with Crippen molar-refractivity contribution in [2.45, 2.75) is 39.7 Å². The predicted octanol–water partition coefficient (Wildman–Crippen LogP) is 4.27. The average Bonchev–Trinajstić information content (AvgIpc) is 3.16. The SMILES string of the molecule is CCNC(=NCCc1ncc(CC)s1)NCCc1ccc(OC)c(OC(F)F)c1.I. The zero-order valence-electron chi connectivity index (χ0n) is 17.4. The van der Waals surface area contributed by atoms with E-state index in [1.165, 1.54) is 12.0 Å². The first kappa shape index (κ1) is 26.3. The van der Waals surface area contributed by atoms with Crippen LogP contribution in [-0.2, 0) is 19.3 Å². The van der Waals surface area contributed by atoms with Crippen LogP contribution in [0.5, 0.6) is 11.5 Å². The van der Waals surface area contributed by atoms with Gasteiger partial charge in [-0.05, 0) is 37.5 Å². The lowest BCUT2D eigenvalue weighted by Crippen LogP contribution is -2.38. The smallest absolute Gasteiger partial charge is 0.387 e. The van der Waals surface area contributed by atoms with Crippen molar-refractivity contribution in [1.82, 2.24) is 15.6 Å². The zero-order valence-corrected chi connectivity index (χ0v) is 20.6. The highest BCUT2D eigenvalue weighted by molar-refractivity contribution is 14.0. The van der Waals surface area contributed by atoms with E-state index in [4.69, 9.17) is 4.74 Å². The molecule has 2 N–H and O–H groups in total. The third kappa shape index (κ3) is 8.99. The summed E-state index contributed by atoms with van der Waals surface area (Å²) in [4.78, 5) is 10.3. The number of guanidine groups is 1. The van der Waals surface area contributed by atoms with E-state index >= 15 is 0 Å². The molecule has 0 aliphatic heterocycles. The molecule has 0 atom stereocenters. The molecule has 0 bridgehead atoms. The minimum absolute atomic E-state index is 0. The number of ether oxygens (including phenoxy) is 2. The van der Waals surface area contributed by atoms with Crippen LogP contribution in [0.3, 0.4) is 0 Å². The first-order valence-corrected chi connectivity index (χ1v) is 10.4. The van der Waals surface area contributed by atoms with Gasteiger partial charge in [0.05, 0.1) is 12.1 Å². The van der Waals surface area contributed by atoms with Crippen LogP contribution in [0, 0.1) is 0 Å². The summed E-state index contributed by atoms with van der Waals surface area (Å²) < 4.78 is 34.7. The molecule has 10 heteroatoms. The number of rotatable bonds is 11.